The first-order chi connectivity index (χ1) is 7.16. The Bertz CT molecular complexity index is 323. The molecule has 82 valence electrons. The zero-order valence-corrected chi connectivity index (χ0v) is 9.62. The zero-order valence-electron chi connectivity index (χ0n) is 9.62. The van der Waals surface area contributed by atoms with E-state index < -0.39 is 0 Å². The van der Waals surface area contributed by atoms with Crippen LogP contribution in [0.25, 0.3) is 0 Å². The summed E-state index contributed by atoms with van der Waals surface area (Å²) in [6.45, 7) is 4.07. The lowest BCUT2D eigenvalue weighted by atomic mass is 10.1. The van der Waals surface area contributed by atoms with Gasteiger partial charge in [-0.2, -0.15) is 0 Å². The van der Waals surface area contributed by atoms with Crippen LogP contribution in [0, 0.1) is 0 Å². The van der Waals surface area contributed by atoms with Gasteiger partial charge in [0.1, 0.15) is 5.75 Å². The van der Waals surface area contributed by atoms with Gasteiger partial charge in [-0.05, 0) is 44.4 Å². The van der Waals surface area contributed by atoms with E-state index in [2.05, 4.69) is 12.1 Å². The molecule has 2 rings (SSSR count). The Hall–Kier alpha value is -1.02. The summed E-state index contributed by atoms with van der Waals surface area (Å²) in [7, 11) is 1.78. The second-order valence-corrected chi connectivity index (χ2v) is 4.39. The standard InChI is InChI=1S/C13H18O2/c1-10(2)15-12-6-4-11(5-7-12)13(14-3)8-9-13/h4-7,10H,8-9H2,1-3H3. The minimum absolute atomic E-state index is 0.0103. The van der Waals surface area contributed by atoms with Gasteiger partial charge in [-0.3, -0.25) is 0 Å². The van der Waals surface area contributed by atoms with Crippen LogP contribution in [0.1, 0.15) is 32.3 Å². The van der Waals surface area contributed by atoms with Gasteiger partial charge in [-0.15, -0.1) is 0 Å². The second kappa shape index (κ2) is 3.86. The van der Waals surface area contributed by atoms with Crippen LogP contribution in [0.5, 0.6) is 5.75 Å². The largest absolute Gasteiger partial charge is 0.491 e. The highest BCUT2D eigenvalue weighted by Gasteiger charge is 2.44. The van der Waals surface area contributed by atoms with E-state index in [1.54, 1.807) is 7.11 Å². The van der Waals surface area contributed by atoms with E-state index in [1.165, 1.54) is 5.56 Å². The average Bonchev–Trinajstić information content (AvgIpc) is 2.99. The van der Waals surface area contributed by atoms with Gasteiger partial charge in [-0.25, -0.2) is 0 Å². The maximum atomic E-state index is 5.60. The molecule has 15 heavy (non-hydrogen) atoms. The van der Waals surface area contributed by atoms with E-state index in [-0.39, 0.29) is 11.7 Å². The quantitative estimate of drug-likeness (QED) is 0.753. The number of rotatable bonds is 4. The molecular formula is C13H18O2. The minimum Gasteiger partial charge on any atom is -0.491 e. The molecule has 1 aliphatic rings. The van der Waals surface area contributed by atoms with Gasteiger partial charge in [0.05, 0.1) is 11.7 Å². The Morgan fingerprint density at radius 2 is 1.73 bits per heavy atom. The Morgan fingerprint density at radius 1 is 1.13 bits per heavy atom. The monoisotopic (exact) mass is 206 g/mol. The van der Waals surface area contributed by atoms with Crippen molar-refractivity contribution in [3.8, 4) is 5.75 Å². The molecule has 0 aliphatic heterocycles. The molecule has 0 N–H and O–H groups in total. The van der Waals surface area contributed by atoms with E-state index in [9.17, 15) is 0 Å². The van der Waals surface area contributed by atoms with E-state index in [0.29, 0.717) is 0 Å². The smallest absolute Gasteiger partial charge is 0.119 e. The van der Waals surface area contributed by atoms with Gasteiger partial charge in [0.2, 0.25) is 0 Å². The lowest BCUT2D eigenvalue weighted by molar-refractivity contribution is 0.0788. The molecule has 0 aromatic heterocycles. The number of methoxy groups -OCH3 is 1. The van der Waals surface area contributed by atoms with Crippen molar-refractivity contribution in [2.24, 2.45) is 0 Å². The summed E-state index contributed by atoms with van der Waals surface area (Å²) in [5.41, 5.74) is 1.28. The Morgan fingerprint density at radius 3 is 2.13 bits per heavy atom. The van der Waals surface area contributed by atoms with E-state index in [4.69, 9.17) is 9.47 Å². The van der Waals surface area contributed by atoms with Crippen molar-refractivity contribution in [3.63, 3.8) is 0 Å². The molecule has 2 nitrogen and oxygen atoms in total. The van der Waals surface area contributed by atoms with Crippen molar-refractivity contribution in [3.05, 3.63) is 29.8 Å². The fourth-order valence-corrected chi connectivity index (χ4v) is 1.83. The molecule has 1 saturated carbocycles. The summed E-state index contributed by atoms with van der Waals surface area (Å²) in [6, 6.07) is 8.26. The van der Waals surface area contributed by atoms with Gasteiger partial charge in [-0.1, -0.05) is 12.1 Å². The molecule has 1 aromatic rings. The third-order valence-corrected chi connectivity index (χ3v) is 2.85. The molecule has 0 saturated heterocycles. The Labute approximate surface area is 91.2 Å². The first kappa shape index (κ1) is 10.5. The summed E-state index contributed by atoms with van der Waals surface area (Å²) < 4.78 is 11.1. The third-order valence-electron chi connectivity index (χ3n) is 2.85. The molecule has 0 unspecified atom stereocenters. The number of hydrogen-bond acceptors (Lipinski definition) is 2. The first-order valence-electron chi connectivity index (χ1n) is 5.49. The van der Waals surface area contributed by atoms with Crippen LogP contribution in [0.15, 0.2) is 24.3 Å². The molecule has 2 heteroatoms. The van der Waals surface area contributed by atoms with Gasteiger partial charge >= 0.3 is 0 Å². The average molecular weight is 206 g/mol. The van der Waals surface area contributed by atoms with Gasteiger partial charge in [0.25, 0.3) is 0 Å². The fraction of sp³-hybridized carbons (Fsp3) is 0.538. The first-order valence-corrected chi connectivity index (χ1v) is 5.49. The molecule has 1 aromatic carbocycles. The van der Waals surface area contributed by atoms with Gasteiger partial charge in [0.15, 0.2) is 0 Å². The van der Waals surface area contributed by atoms with Crippen LogP contribution >= 0.6 is 0 Å². The minimum atomic E-state index is 0.0103. The molecule has 0 bridgehead atoms. The predicted octanol–water partition coefficient (Wildman–Crippen LogP) is 3.11. The summed E-state index contributed by atoms with van der Waals surface area (Å²) in [6.07, 6.45) is 2.50. The Balaban J connectivity index is 2.10. The van der Waals surface area contributed by atoms with E-state index in [1.807, 2.05) is 26.0 Å². The van der Waals surface area contributed by atoms with Crippen LogP contribution in [-0.2, 0) is 10.3 Å². The van der Waals surface area contributed by atoms with Crippen LogP contribution in [-0.4, -0.2) is 13.2 Å². The zero-order chi connectivity index (χ0) is 10.9. The van der Waals surface area contributed by atoms with Crippen LogP contribution in [0.2, 0.25) is 0 Å². The van der Waals surface area contributed by atoms with E-state index in [0.717, 1.165) is 18.6 Å². The van der Waals surface area contributed by atoms with Crippen molar-refractivity contribution in [1.82, 2.24) is 0 Å². The molecule has 1 fully saturated rings. The highest BCUT2D eigenvalue weighted by Crippen LogP contribution is 2.48. The molecule has 0 radical (unpaired) electrons. The topological polar surface area (TPSA) is 18.5 Å². The van der Waals surface area contributed by atoms with Crippen molar-refractivity contribution in [1.29, 1.82) is 0 Å². The second-order valence-electron chi connectivity index (χ2n) is 4.39. The highest BCUT2D eigenvalue weighted by atomic mass is 16.5. The normalized spacial score (nSPS) is 17.9. The lowest BCUT2D eigenvalue weighted by Crippen LogP contribution is -2.09. The maximum absolute atomic E-state index is 5.60. The summed E-state index contributed by atoms with van der Waals surface area (Å²) >= 11 is 0. The lowest BCUT2D eigenvalue weighted by Gasteiger charge is -2.15. The van der Waals surface area contributed by atoms with Crippen LogP contribution in [0.4, 0.5) is 0 Å². The highest BCUT2D eigenvalue weighted by molar-refractivity contribution is 5.34. The molecule has 0 atom stereocenters. The number of benzene rings is 1. The molecular weight excluding hydrogens is 188 g/mol. The number of ether oxygens (including phenoxy) is 2. The van der Waals surface area contributed by atoms with Crippen molar-refractivity contribution in [2.75, 3.05) is 7.11 Å². The Kier molecular flexibility index (Phi) is 2.70. The van der Waals surface area contributed by atoms with E-state index >= 15 is 0 Å². The fourth-order valence-electron chi connectivity index (χ4n) is 1.83. The molecule has 0 amide bonds. The summed E-state index contributed by atoms with van der Waals surface area (Å²) in [5, 5.41) is 0. The SMILES string of the molecule is COC1(c2ccc(OC(C)C)cc2)CC1. The molecule has 0 spiro atoms. The summed E-state index contributed by atoms with van der Waals surface area (Å²) in [5.74, 6) is 0.931. The molecule has 0 heterocycles. The van der Waals surface area contributed by atoms with Gasteiger partial charge < -0.3 is 9.47 Å². The van der Waals surface area contributed by atoms with Crippen molar-refractivity contribution < 1.29 is 9.47 Å². The summed E-state index contributed by atoms with van der Waals surface area (Å²) in [4.78, 5) is 0. The van der Waals surface area contributed by atoms with Crippen LogP contribution in [0.3, 0.4) is 0 Å². The third kappa shape index (κ3) is 2.15. The van der Waals surface area contributed by atoms with Gasteiger partial charge in [0, 0.05) is 7.11 Å². The predicted molar refractivity (Wildman–Crippen MR) is 60.1 cm³/mol. The van der Waals surface area contributed by atoms with Crippen molar-refractivity contribution >= 4 is 0 Å². The number of hydrogen-bond donors (Lipinski definition) is 0. The molecule has 1 aliphatic carbocycles. The maximum Gasteiger partial charge on any atom is 0.119 e. The van der Waals surface area contributed by atoms with Crippen LogP contribution < -0.4 is 4.74 Å². The van der Waals surface area contributed by atoms with Crippen molar-refractivity contribution in [2.45, 2.75) is 38.4 Å².